The molecule has 1 aromatic carbocycles. The number of halogens is 1. The molecule has 2 N–H and O–H groups in total. The van der Waals surface area contributed by atoms with Crippen molar-refractivity contribution in [1.82, 2.24) is 5.32 Å². The van der Waals surface area contributed by atoms with Gasteiger partial charge in [-0.1, -0.05) is 6.07 Å². The molecule has 0 aromatic heterocycles. The van der Waals surface area contributed by atoms with Crippen molar-refractivity contribution in [2.45, 2.75) is 26.2 Å². The van der Waals surface area contributed by atoms with E-state index in [4.69, 9.17) is 9.84 Å². The first kappa shape index (κ1) is 15.4. The van der Waals surface area contributed by atoms with Crippen molar-refractivity contribution >= 4 is 5.97 Å². The highest BCUT2D eigenvalue weighted by atomic mass is 19.1. The lowest BCUT2D eigenvalue weighted by Crippen LogP contribution is -2.19. The van der Waals surface area contributed by atoms with E-state index in [9.17, 15) is 9.18 Å². The number of hydrogen-bond donors (Lipinski definition) is 2. The summed E-state index contributed by atoms with van der Waals surface area (Å²) in [5, 5.41) is 11.6. The number of nitrogens with one attached hydrogen (secondary N) is 1. The first-order valence-electron chi connectivity index (χ1n) is 6.47. The molecule has 0 saturated carbocycles. The zero-order valence-corrected chi connectivity index (χ0v) is 11.1. The quantitative estimate of drug-likeness (QED) is 0.675. The fourth-order valence-corrected chi connectivity index (χ4v) is 1.69. The molecule has 0 fully saturated rings. The van der Waals surface area contributed by atoms with Crippen molar-refractivity contribution < 1.29 is 19.0 Å². The Bertz CT molecular complexity index is 410. The van der Waals surface area contributed by atoms with Crippen LogP contribution in [0.1, 0.15) is 25.3 Å². The van der Waals surface area contributed by atoms with E-state index in [1.54, 1.807) is 6.07 Å². The summed E-state index contributed by atoms with van der Waals surface area (Å²) in [6.45, 7) is 3.62. The number of carbonyl (C=O) groups is 1. The van der Waals surface area contributed by atoms with Crippen LogP contribution in [0.3, 0.4) is 0 Å². The van der Waals surface area contributed by atoms with E-state index in [1.165, 1.54) is 6.07 Å². The minimum absolute atomic E-state index is 0.171. The maximum absolute atomic E-state index is 13.5. The molecule has 0 atom stereocenters. The summed E-state index contributed by atoms with van der Waals surface area (Å²) in [6, 6.07) is 4.95. The fourth-order valence-electron chi connectivity index (χ4n) is 1.69. The molecule has 0 amide bonds. The maximum atomic E-state index is 13.5. The van der Waals surface area contributed by atoms with Gasteiger partial charge in [0.1, 0.15) is 0 Å². The zero-order chi connectivity index (χ0) is 14.1. The third kappa shape index (κ3) is 6.20. The minimum atomic E-state index is -0.782. The van der Waals surface area contributed by atoms with Gasteiger partial charge in [0.25, 0.3) is 0 Å². The molecule has 5 heteroatoms. The summed E-state index contributed by atoms with van der Waals surface area (Å²) in [4.78, 5) is 10.3. The molecule has 4 nitrogen and oxygen atoms in total. The summed E-state index contributed by atoms with van der Waals surface area (Å²) in [7, 11) is 0. The molecule has 0 saturated heterocycles. The minimum Gasteiger partial charge on any atom is -0.491 e. The average molecular weight is 269 g/mol. The molecule has 0 bridgehead atoms. The van der Waals surface area contributed by atoms with Gasteiger partial charge in [0.05, 0.1) is 6.61 Å². The molecular weight excluding hydrogens is 249 g/mol. The Labute approximate surface area is 112 Å². The third-order valence-electron chi connectivity index (χ3n) is 2.63. The van der Waals surface area contributed by atoms with Gasteiger partial charge in [-0.05, 0) is 50.6 Å². The van der Waals surface area contributed by atoms with Crippen molar-refractivity contribution in [1.29, 1.82) is 0 Å². The molecule has 0 heterocycles. The Hall–Kier alpha value is -1.62. The van der Waals surface area contributed by atoms with Gasteiger partial charge in [0, 0.05) is 6.42 Å². The molecule has 19 heavy (non-hydrogen) atoms. The summed E-state index contributed by atoms with van der Waals surface area (Å²) in [6.07, 6.45) is 1.48. The number of rotatable bonds is 9. The first-order chi connectivity index (χ1) is 9.13. The Morgan fingerprint density at radius 3 is 2.84 bits per heavy atom. The number of aliphatic carboxylic acids is 1. The van der Waals surface area contributed by atoms with E-state index in [0.29, 0.717) is 32.5 Å². The van der Waals surface area contributed by atoms with Crippen molar-refractivity contribution in [3.63, 3.8) is 0 Å². The largest absolute Gasteiger partial charge is 0.491 e. The topological polar surface area (TPSA) is 58.6 Å². The predicted molar refractivity (Wildman–Crippen MR) is 71.0 cm³/mol. The number of carboxylic acids is 1. The van der Waals surface area contributed by atoms with Crippen molar-refractivity contribution in [2.75, 3.05) is 19.7 Å². The van der Waals surface area contributed by atoms with Gasteiger partial charge in [0.15, 0.2) is 11.6 Å². The highest BCUT2D eigenvalue weighted by molar-refractivity contribution is 5.66. The molecule has 0 unspecified atom stereocenters. The molecule has 0 aliphatic heterocycles. The molecule has 0 aliphatic carbocycles. The molecule has 1 aromatic rings. The van der Waals surface area contributed by atoms with Gasteiger partial charge in [-0.25, -0.2) is 4.39 Å². The standard InChI is InChI=1S/C14H20FNO3/c1-2-19-13-6-5-11(10-12(13)15)7-9-16-8-3-4-14(17)18/h5-6,10,16H,2-4,7-9H2,1H3,(H,17,18). The van der Waals surface area contributed by atoms with Crippen LogP contribution in [0.2, 0.25) is 0 Å². The van der Waals surface area contributed by atoms with Gasteiger partial charge in [-0.3, -0.25) is 4.79 Å². The van der Waals surface area contributed by atoms with Gasteiger partial charge in [-0.15, -0.1) is 0 Å². The number of carboxylic acid groups (broad SMARTS) is 1. The van der Waals surface area contributed by atoms with Crippen molar-refractivity contribution in [3.8, 4) is 5.75 Å². The second-order valence-electron chi connectivity index (χ2n) is 4.20. The summed E-state index contributed by atoms with van der Waals surface area (Å²) < 4.78 is 18.7. The van der Waals surface area contributed by atoms with Gasteiger partial charge >= 0.3 is 5.97 Å². The van der Waals surface area contributed by atoms with E-state index in [2.05, 4.69) is 5.32 Å². The Morgan fingerprint density at radius 2 is 2.21 bits per heavy atom. The Morgan fingerprint density at radius 1 is 1.42 bits per heavy atom. The average Bonchev–Trinajstić information content (AvgIpc) is 2.36. The lowest BCUT2D eigenvalue weighted by molar-refractivity contribution is -0.137. The highest BCUT2D eigenvalue weighted by Gasteiger charge is 2.04. The van der Waals surface area contributed by atoms with E-state index in [-0.39, 0.29) is 18.0 Å². The maximum Gasteiger partial charge on any atom is 0.303 e. The lowest BCUT2D eigenvalue weighted by atomic mass is 10.1. The second kappa shape index (κ2) is 8.48. The van der Waals surface area contributed by atoms with Crippen LogP contribution in [0, 0.1) is 5.82 Å². The van der Waals surface area contributed by atoms with Gasteiger partial charge < -0.3 is 15.2 Å². The zero-order valence-electron chi connectivity index (χ0n) is 11.1. The van der Waals surface area contributed by atoms with Crippen molar-refractivity contribution in [2.24, 2.45) is 0 Å². The van der Waals surface area contributed by atoms with Crippen LogP contribution in [-0.2, 0) is 11.2 Å². The molecule has 0 spiro atoms. The van der Waals surface area contributed by atoms with Crippen LogP contribution in [0.15, 0.2) is 18.2 Å². The SMILES string of the molecule is CCOc1ccc(CCNCCCC(=O)O)cc1F. The third-order valence-corrected chi connectivity index (χ3v) is 2.63. The van der Waals surface area contributed by atoms with Crippen molar-refractivity contribution in [3.05, 3.63) is 29.6 Å². The number of hydrogen-bond acceptors (Lipinski definition) is 3. The molecule has 0 radical (unpaired) electrons. The fraction of sp³-hybridized carbons (Fsp3) is 0.500. The number of benzene rings is 1. The molecular formula is C14H20FNO3. The normalized spacial score (nSPS) is 10.4. The van der Waals surface area contributed by atoms with Crippen LogP contribution in [0.4, 0.5) is 4.39 Å². The molecule has 106 valence electrons. The van der Waals surface area contributed by atoms with Crippen LogP contribution in [0.25, 0.3) is 0 Å². The summed E-state index contributed by atoms with van der Waals surface area (Å²) in [5.74, 6) is -0.846. The molecule has 1 rings (SSSR count). The van der Waals surface area contributed by atoms with Gasteiger partial charge in [-0.2, -0.15) is 0 Å². The van der Waals surface area contributed by atoms with Crippen LogP contribution < -0.4 is 10.1 Å². The number of ether oxygens (including phenoxy) is 1. The first-order valence-corrected chi connectivity index (χ1v) is 6.47. The lowest BCUT2D eigenvalue weighted by Gasteiger charge is -2.07. The highest BCUT2D eigenvalue weighted by Crippen LogP contribution is 2.18. The predicted octanol–water partition coefficient (Wildman–Crippen LogP) is 2.22. The summed E-state index contributed by atoms with van der Waals surface area (Å²) >= 11 is 0. The van der Waals surface area contributed by atoms with E-state index in [0.717, 1.165) is 5.56 Å². The summed E-state index contributed by atoms with van der Waals surface area (Å²) in [5.41, 5.74) is 0.895. The van der Waals surface area contributed by atoms with Crippen LogP contribution >= 0.6 is 0 Å². The van der Waals surface area contributed by atoms with Crippen LogP contribution in [0.5, 0.6) is 5.75 Å². The Balaban J connectivity index is 2.26. The monoisotopic (exact) mass is 269 g/mol. The Kier molecular flexibility index (Phi) is 6.89. The van der Waals surface area contributed by atoms with Crippen LogP contribution in [-0.4, -0.2) is 30.8 Å². The van der Waals surface area contributed by atoms with E-state index < -0.39 is 5.97 Å². The molecule has 0 aliphatic rings. The van der Waals surface area contributed by atoms with Gasteiger partial charge in [0.2, 0.25) is 0 Å². The smallest absolute Gasteiger partial charge is 0.303 e. The van der Waals surface area contributed by atoms with E-state index in [1.807, 2.05) is 13.0 Å². The van der Waals surface area contributed by atoms with E-state index >= 15 is 0 Å². The second-order valence-corrected chi connectivity index (χ2v) is 4.20.